The quantitative estimate of drug-likeness (QED) is 0.718. The minimum Gasteiger partial charge on any atom is -0.422 e. The molecule has 0 aromatic heterocycles. The monoisotopic (exact) mass is 294 g/mol. The number of benzene rings is 1. The fourth-order valence-corrected chi connectivity index (χ4v) is 2.83. The molecule has 110 valence electrons. The zero-order chi connectivity index (χ0) is 15.0. The molecular weight excluding hydrogens is 281 g/mol. The summed E-state index contributed by atoms with van der Waals surface area (Å²) in [7, 11) is 0. The Balaban J connectivity index is 2.21. The van der Waals surface area contributed by atoms with Gasteiger partial charge in [0.15, 0.2) is 0 Å². The Morgan fingerprint density at radius 3 is 2.24 bits per heavy atom. The summed E-state index contributed by atoms with van der Waals surface area (Å²) < 4.78 is 45.4. The number of esters is 1. The van der Waals surface area contributed by atoms with Gasteiger partial charge >= 0.3 is 12.1 Å². The molecular formula is C16H13F3O2. The number of cyclic esters (lactones) is 1. The van der Waals surface area contributed by atoms with Gasteiger partial charge in [0.25, 0.3) is 0 Å². The molecule has 0 unspecified atom stereocenters. The number of halogens is 3. The first-order chi connectivity index (χ1) is 9.98. The number of allylic oxidation sites excluding steroid dienone is 2. The van der Waals surface area contributed by atoms with Gasteiger partial charge < -0.3 is 4.74 Å². The maximum atomic E-state index is 13.5. The van der Waals surface area contributed by atoms with E-state index in [1.54, 1.807) is 6.07 Å². The second-order valence-corrected chi connectivity index (χ2v) is 5.12. The first-order valence-corrected chi connectivity index (χ1v) is 6.80. The van der Waals surface area contributed by atoms with Crippen LogP contribution in [0, 0.1) is 0 Å². The van der Waals surface area contributed by atoms with Crippen molar-refractivity contribution in [3.05, 3.63) is 52.8 Å². The average Bonchev–Trinajstić information content (AvgIpc) is 2.77. The summed E-state index contributed by atoms with van der Waals surface area (Å²) in [6.45, 7) is 0. The van der Waals surface area contributed by atoms with Gasteiger partial charge in [-0.15, -0.1) is 0 Å². The molecule has 0 N–H and O–H groups in total. The topological polar surface area (TPSA) is 26.3 Å². The van der Waals surface area contributed by atoms with E-state index in [0.29, 0.717) is 24.0 Å². The second-order valence-electron chi connectivity index (χ2n) is 5.12. The van der Waals surface area contributed by atoms with Crippen molar-refractivity contribution in [1.82, 2.24) is 0 Å². The second kappa shape index (κ2) is 5.06. The van der Waals surface area contributed by atoms with Crippen molar-refractivity contribution in [1.29, 1.82) is 0 Å². The Morgan fingerprint density at radius 2 is 1.62 bits per heavy atom. The minimum atomic E-state index is -4.57. The van der Waals surface area contributed by atoms with E-state index < -0.39 is 17.7 Å². The van der Waals surface area contributed by atoms with Crippen molar-refractivity contribution in [2.45, 2.75) is 31.9 Å². The molecule has 2 aliphatic rings. The molecule has 1 aromatic carbocycles. The summed E-state index contributed by atoms with van der Waals surface area (Å²) in [5, 5.41) is 0. The first-order valence-electron chi connectivity index (χ1n) is 6.80. The van der Waals surface area contributed by atoms with Gasteiger partial charge in [0, 0.05) is 11.1 Å². The first kappa shape index (κ1) is 13.9. The lowest BCUT2D eigenvalue weighted by molar-refractivity contribution is -0.133. The SMILES string of the molecule is O=C1OC(=C(c2ccccc2)C(F)(F)F)C2=C1CCCC2. The zero-order valence-corrected chi connectivity index (χ0v) is 11.2. The Labute approximate surface area is 119 Å². The van der Waals surface area contributed by atoms with Crippen LogP contribution in [0.15, 0.2) is 47.2 Å². The van der Waals surface area contributed by atoms with Gasteiger partial charge in [0.2, 0.25) is 0 Å². The van der Waals surface area contributed by atoms with Crippen LogP contribution < -0.4 is 0 Å². The third-order valence-corrected chi connectivity index (χ3v) is 3.76. The summed E-state index contributed by atoms with van der Waals surface area (Å²) in [5.41, 5.74) is 0.00633. The lowest BCUT2D eigenvalue weighted by Crippen LogP contribution is -2.14. The smallest absolute Gasteiger partial charge is 0.420 e. The number of carbonyl (C=O) groups is 1. The number of carbonyl (C=O) groups excluding carboxylic acids is 1. The molecule has 0 spiro atoms. The number of hydrogen-bond donors (Lipinski definition) is 0. The van der Waals surface area contributed by atoms with Crippen molar-refractivity contribution in [2.75, 3.05) is 0 Å². The van der Waals surface area contributed by atoms with Gasteiger partial charge in [-0.2, -0.15) is 13.2 Å². The fourth-order valence-electron chi connectivity index (χ4n) is 2.83. The summed E-state index contributed by atoms with van der Waals surface area (Å²) >= 11 is 0. The van der Waals surface area contributed by atoms with Crippen LogP contribution in [0.5, 0.6) is 0 Å². The largest absolute Gasteiger partial charge is 0.422 e. The molecule has 1 aromatic rings. The van der Waals surface area contributed by atoms with E-state index in [2.05, 4.69) is 0 Å². The molecule has 0 amide bonds. The van der Waals surface area contributed by atoms with Gasteiger partial charge in [-0.3, -0.25) is 0 Å². The zero-order valence-electron chi connectivity index (χ0n) is 11.2. The van der Waals surface area contributed by atoms with Crippen molar-refractivity contribution in [3.8, 4) is 0 Å². The Bertz CT molecular complexity index is 639. The van der Waals surface area contributed by atoms with Crippen LogP contribution in [0.25, 0.3) is 5.57 Å². The lowest BCUT2D eigenvalue weighted by atomic mass is 9.90. The highest BCUT2D eigenvalue weighted by Gasteiger charge is 2.43. The van der Waals surface area contributed by atoms with Gasteiger partial charge in [-0.05, 0) is 31.2 Å². The highest BCUT2D eigenvalue weighted by atomic mass is 19.4. The van der Waals surface area contributed by atoms with Gasteiger partial charge in [-0.25, -0.2) is 4.79 Å². The maximum absolute atomic E-state index is 13.5. The summed E-state index contributed by atoms with van der Waals surface area (Å²) in [4.78, 5) is 11.8. The standard InChI is InChI=1S/C16H13F3O2/c17-16(18,19)13(10-6-2-1-3-7-10)14-11-8-4-5-9-12(11)15(20)21-14/h1-3,6-7H,4-5,8-9H2. The molecule has 1 heterocycles. The molecule has 5 heteroatoms. The molecule has 21 heavy (non-hydrogen) atoms. The predicted octanol–water partition coefficient (Wildman–Crippen LogP) is 4.39. The number of alkyl halides is 3. The third-order valence-electron chi connectivity index (χ3n) is 3.76. The molecule has 1 aliphatic carbocycles. The highest BCUT2D eigenvalue weighted by molar-refractivity contribution is 5.97. The molecule has 3 rings (SSSR count). The van der Waals surface area contributed by atoms with Crippen LogP contribution in [-0.4, -0.2) is 12.1 Å². The van der Waals surface area contributed by atoms with E-state index in [9.17, 15) is 18.0 Å². The molecule has 0 atom stereocenters. The van der Waals surface area contributed by atoms with E-state index in [4.69, 9.17) is 4.74 Å². The Hall–Kier alpha value is -2.04. The van der Waals surface area contributed by atoms with Crippen LogP contribution in [0.1, 0.15) is 31.2 Å². The normalized spacial score (nSPS) is 21.2. The van der Waals surface area contributed by atoms with Crippen molar-refractivity contribution < 1.29 is 22.7 Å². The van der Waals surface area contributed by atoms with Crippen molar-refractivity contribution in [2.24, 2.45) is 0 Å². The number of hydrogen-bond acceptors (Lipinski definition) is 2. The van der Waals surface area contributed by atoms with Crippen molar-refractivity contribution >= 4 is 11.5 Å². The Kier molecular flexibility index (Phi) is 3.35. The van der Waals surface area contributed by atoms with E-state index in [-0.39, 0.29) is 11.3 Å². The van der Waals surface area contributed by atoms with Crippen LogP contribution in [-0.2, 0) is 9.53 Å². The summed E-state index contributed by atoms with van der Waals surface area (Å²) in [5.74, 6) is -0.925. The van der Waals surface area contributed by atoms with Crippen LogP contribution in [0.2, 0.25) is 0 Å². The number of ether oxygens (including phenoxy) is 1. The molecule has 1 aliphatic heterocycles. The van der Waals surface area contributed by atoms with Gasteiger partial charge in [-0.1, -0.05) is 30.3 Å². The van der Waals surface area contributed by atoms with E-state index in [1.165, 1.54) is 24.3 Å². The lowest BCUT2D eigenvalue weighted by Gasteiger charge is -2.17. The fraction of sp³-hybridized carbons (Fsp3) is 0.312. The van der Waals surface area contributed by atoms with Crippen LogP contribution >= 0.6 is 0 Å². The molecule has 0 bridgehead atoms. The summed E-state index contributed by atoms with van der Waals surface area (Å²) in [6, 6.07) is 7.48. The molecule has 0 saturated carbocycles. The highest BCUT2D eigenvalue weighted by Crippen LogP contribution is 2.45. The third kappa shape index (κ3) is 2.48. The molecule has 2 nitrogen and oxygen atoms in total. The van der Waals surface area contributed by atoms with Gasteiger partial charge in [0.05, 0.1) is 0 Å². The predicted molar refractivity (Wildman–Crippen MR) is 71.0 cm³/mol. The molecule has 0 radical (unpaired) electrons. The van der Waals surface area contributed by atoms with Gasteiger partial charge in [0.1, 0.15) is 11.3 Å². The van der Waals surface area contributed by atoms with Crippen LogP contribution in [0.3, 0.4) is 0 Å². The average molecular weight is 294 g/mol. The summed E-state index contributed by atoms with van der Waals surface area (Å²) in [6.07, 6.45) is -2.02. The molecule has 0 fully saturated rings. The van der Waals surface area contributed by atoms with Crippen molar-refractivity contribution in [3.63, 3.8) is 0 Å². The Morgan fingerprint density at radius 1 is 1.00 bits per heavy atom. The maximum Gasteiger partial charge on any atom is 0.420 e. The van der Waals surface area contributed by atoms with E-state index >= 15 is 0 Å². The molecule has 0 saturated heterocycles. The number of rotatable bonds is 1. The van der Waals surface area contributed by atoms with E-state index in [1.807, 2.05) is 0 Å². The van der Waals surface area contributed by atoms with Crippen LogP contribution in [0.4, 0.5) is 13.2 Å². The minimum absolute atomic E-state index is 0.0205. The van der Waals surface area contributed by atoms with E-state index in [0.717, 1.165) is 12.8 Å².